The van der Waals surface area contributed by atoms with E-state index in [2.05, 4.69) is 11.1 Å². The molecule has 0 atom stereocenters. The van der Waals surface area contributed by atoms with Crippen molar-refractivity contribution in [3.8, 4) is 11.3 Å². The maximum absolute atomic E-state index is 11.6. The Bertz CT molecular complexity index is 580. The average Bonchev–Trinajstić information content (AvgIpc) is 2.86. The van der Waals surface area contributed by atoms with Gasteiger partial charge in [-0.25, -0.2) is 0 Å². The Balaban J connectivity index is 1.82. The van der Waals surface area contributed by atoms with Crippen molar-refractivity contribution in [2.75, 3.05) is 6.54 Å². The van der Waals surface area contributed by atoms with Crippen LogP contribution >= 0.6 is 0 Å². The number of nitrogens with zero attached hydrogens (tertiary/aromatic N) is 2. The standard InChI is InChI=1S/C16H16N2O/c19-16-7-4-10-18(16)12-13-8-9-17-15(11-13)14-5-2-1-3-6-14/h1-3,5-6,8-9,11H,4,7,10,12H2. The molecule has 1 aromatic heterocycles. The molecule has 0 spiro atoms. The van der Waals surface area contributed by atoms with Gasteiger partial charge in [-0.1, -0.05) is 30.3 Å². The number of hydrogen-bond donors (Lipinski definition) is 0. The minimum absolute atomic E-state index is 0.262. The van der Waals surface area contributed by atoms with Crippen molar-refractivity contribution in [2.24, 2.45) is 0 Å². The summed E-state index contributed by atoms with van der Waals surface area (Å²) in [5, 5.41) is 0. The monoisotopic (exact) mass is 252 g/mol. The Labute approximate surface area is 112 Å². The predicted octanol–water partition coefficient (Wildman–Crippen LogP) is 2.87. The van der Waals surface area contributed by atoms with Crippen molar-refractivity contribution in [2.45, 2.75) is 19.4 Å². The van der Waals surface area contributed by atoms with Crippen LogP contribution in [0.4, 0.5) is 0 Å². The third-order valence-electron chi connectivity index (χ3n) is 3.44. The van der Waals surface area contributed by atoms with Gasteiger partial charge in [0.25, 0.3) is 0 Å². The molecule has 3 rings (SSSR count). The first kappa shape index (κ1) is 11.9. The van der Waals surface area contributed by atoms with Gasteiger partial charge in [-0.15, -0.1) is 0 Å². The van der Waals surface area contributed by atoms with E-state index >= 15 is 0 Å². The zero-order valence-electron chi connectivity index (χ0n) is 10.7. The topological polar surface area (TPSA) is 33.2 Å². The van der Waals surface area contributed by atoms with E-state index in [4.69, 9.17) is 0 Å². The lowest BCUT2D eigenvalue weighted by Gasteiger charge is -2.15. The molecule has 0 saturated carbocycles. The van der Waals surface area contributed by atoms with Crippen LogP contribution in [0.25, 0.3) is 11.3 Å². The van der Waals surface area contributed by atoms with Crippen LogP contribution in [0.15, 0.2) is 48.7 Å². The van der Waals surface area contributed by atoms with Crippen LogP contribution in [0.3, 0.4) is 0 Å². The molecule has 96 valence electrons. The lowest BCUT2D eigenvalue weighted by atomic mass is 10.1. The lowest BCUT2D eigenvalue weighted by molar-refractivity contribution is -0.128. The number of amides is 1. The van der Waals surface area contributed by atoms with Gasteiger partial charge in [0.2, 0.25) is 5.91 Å². The Kier molecular flexibility index (Phi) is 3.27. The van der Waals surface area contributed by atoms with E-state index in [1.807, 2.05) is 47.5 Å². The van der Waals surface area contributed by atoms with Gasteiger partial charge in [0, 0.05) is 31.3 Å². The molecule has 2 aromatic rings. The van der Waals surface area contributed by atoms with Gasteiger partial charge in [-0.3, -0.25) is 9.78 Å². The molecule has 0 aliphatic carbocycles. The predicted molar refractivity (Wildman–Crippen MR) is 74.3 cm³/mol. The molecule has 1 fully saturated rings. The van der Waals surface area contributed by atoms with Gasteiger partial charge < -0.3 is 4.90 Å². The van der Waals surface area contributed by atoms with E-state index in [-0.39, 0.29) is 5.91 Å². The average molecular weight is 252 g/mol. The molecule has 2 heterocycles. The third kappa shape index (κ3) is 2.65. The molecule has 1 aromatic carbocycles. The van der Waals surface area contributed by atoms with Gasteiger partial charge in [-0.05, 0) is 24.1 Å². The first-order chi connectivity index (χ1) is 9.33. The second kappa shape index (κ2) is 5.22. The van der Waals surface area contributed by atoms with Gasteiger partial charge >= 0.3 is 0 Å². The van der Waals surface area contributed by atoms with E-state index in [1.165, 1.54) is 0 Å². The summed E-state index contributed by atoms with van der Waals surface area (Å²) in [6.07, 6.45) is 3.49. The van der Waals surface area contributed by atoms with Crippen LogP contribution in [0.5, 0.6) is 0 Å². The minimum Gasteiger partial charge on any atom is -0.338 e. The zero-order chi connectivity index (χ0) is 13.1. The van der Waals surface area contributed by atoms with Gasteiger partial charge in [-0.2, -0.15) is 0 Å². The second-order valence-corrected chi connectivity index (χ2v) is 4.83. The molecule has 3 nitrogen and oxygen atoms in total. The molecular formula is C16H16N2O. The molecule has 0 bridgehead atoms. The smallest absolute Gasteiger partial charge is 0.222 e. The summed E-state index contributed by atoms with van der Waals surface area (Å²) in [5.74, 6) is 0.262. The van der Waals surface area contributed by atoms with E-state index < -0.39 is 0 Å². The van der Waals surface area contributed by atoms with E-state index in [0.717, 1.165) is 29.8 Å². The first-order valence-electron chi connectivity index (χ1n) is 6.61. The van der Waals surface area contributed by atoms with E-state index in [1.54, 1.807) is 0 Å². The van der Waals surface area contributed by atoms with Crippen LogP contribution in [0.2, 0.25) is 0 Å². The van der Waals surface area contributed by atoms with Crippen molar-refractivity contribution in [3.63, 3.8) is 0 Å². The molecule has 1 aliphatic rings. The molecule has 0 N–H and O–H groups in total. The summed E-state index contributed by atoms with van der Waals surface area (Å²) < 4.78 is 0. The molecule has 0 unspecified atom stereocenters. The van der Waals surface area contributed by atoms with E-state index in [9.17, 15) is 4.79 Å². The number of hydrogen-bond acceptors (Lipinski definition) is 2. The SMILES string of the molecule is O=C1CCCN1Cc1ccnc(-c2ccccc2)c1. The van der Waals surface area contributed by atoms with Crippen molar-refractivity contribution < 1.29 is 4.79 Å². The highest BCUT2D eigenvalue weighted by Crippen LogP contribution is 2.19. The molecule has 1 aliphatic heterocycles. The second-order valence-electron chi connectivity index (χ2n) is 4.83. The summed E-state index contributed by atoms with van der Waals surface area (Å²) in [6.45, 7) is 1.57. The maximum Gasteiger partial charge on any atom is 0.222 e. The highest BCUT2D eigenvalue weighted by atomic mass is 16.2. The fraction of sp³-hybridized carbons (Fsp3) is 0.250. The highest BCUT2D eigenvalue weighted by molar-refractivity contribution is 5.78. The summed E-state index contributed by atoms with van der Waals surface area (Å²) in [5.41, 5.74) is 3.21. The number of likely N-dealkylation sites (tertiary alicyclic amines) is 1. The molecular weight excluding hydrogens is 236 g/mol. The lowest BCUT2D eigenvalue weighted by Crippen LogP contribution is -2.23. The maximum atomic E-state index is 11.6. The first-order valence-corrected chi connectivity index (χ1v) is 6.61. The number of aromatic nitrogens is 1. The number of pyridine rings is 1. The number of carbonyl (C=O) groups is 1. The Morgan fingerprint density at radius 2 is 2.00 bits per heavy atom. The summed E-state index contributed by atoms with van der Waals surface area (Å²) in [4.78, 5) is 18.0. The van der Waals surface area contributed by atoms with Gasteiger partial charge in [0.05, 0.1) is 5.69 Å². The van der Waals surface area contributed by atoms with Crippen molar-refractivity contribution in [3.05, 3.63) is 54.2 Å². The van der Waals surface area contributed by atoms with Crippen molar-refractivity contribution in [1.29, 1.82) is 0 Å². The van der Waals surface area contributed by atoms with E-state index in [0.29, 0.717) is 13.0 Å². The molecule has 3 heteroatoms. The molecule has 0 radical (unpaired) electrons. The summed E-state index contributed by atoms with van der Waals surface area (Å²) in [7, 11) is 0. The number of carbonyl (C=O) groups excluding carboxylic acids is 1. The summed E-state index contributed by atoms with van der Waals surface area (Å²) >= 11 is 0. The normalized spacial score (nSPS) is 14.9. The van der Waals surface area contributed by atoms with Crippen LogP contribution in [0, 0.1) is 0 Å². The van der Waals surface area contributed by atoms with Gasteiger partial charge in [0.15, 0.2) is 0 Å². The Hall–Kier alpha value is -2.16. The zero-order valence-corrected chi connectivity index (χ0v) is 10.7. The van der Waals surface area contributed by atoms with Crippen LogP contribution in [-0.4, -0.2) is 22.3 Å². The fourth-order valence-corrected chi connectivity index (χ4v) is 2.43. The Morgan fingerprint density at radius 3 is 2.74 bits per heavy atom. The fourth-order valence-electron chi connectivity index (χ4n) is 2.43. The van der Waals surface area contributed by atoms with Crippen LogP contribution < -0.4 is 0 Å². The highest BCUT2D eigenvalue weighted by Gasteiger charge is 2.20. The molecule has 1 amide bonds. The van der Waals surface area contributed by atoms with Crippen LogP contribution in [0.1, 0.15) is 18.4 Å². The van der Waals surface area contributed by atoms with Crippen molar-refractivity contribution >= 4 is 5.91 Å². The summed E-state index contributed by atoms with van der Waals surface area (Å²) in [6, 6.07) is 14.2. The minimum atomic E-state index is 0.262. The van der Waals surface area contributed by atoms with Crippen LogP contribution in [-0.2, 0) is 11.3 Å². The molecule has 19 heavy (non-hydrogen) atoms. The number of benzene rings is 1. The largest absolute Gasteiger partial charge is 0.338 e. The Morgan fingerprint density at radius 1 is 1.16 bits per heavy atom. The van der Waals surface area contributed by atoms with Gasteiger partial charge in [0.1, 0.15) is 0 Å². The third-order valence-corrected chi connectivity index (χ3v) is 3.44. The molecule has 1 saturated heterocycles. The quantitative estimate of drug-likeness (QED) is 0.841. The van der Waals surface area contributed by atoms with Crippen molar-refractivity contribution in [1.82, 2.24) is 9.88 Å². The number of rotatable bonds is 3.